The van der Waals surface area contributed by atoms with Crippen molar-refractivity contribution < 1.29 is 34.2 Å². The lowest BCUT2D eigenvalue weighted by Crippen LogP contribution is -2.49. The molecule has 6 unspecified atom stereocenters. The van der Waals surface area contributed by atoms with Gasteiger partial charge in [-0.15, -0.1) is 11.3 Å². The maximum atomic E-state index is 14.9. The summed E-state index contributed by atoms with van der Waals surface area (Å²) in [6, 6.07) is 14.2. The molecule has 2 aliphatic heterocycles. The smallest absolute Gasteiger partial charge is 0.303 e. The van der Waals surface area contributed by atoms with Crippen molar-refractivity contribution in [1.82, 2.24) is 14.7 Å². The molecule has 2 aromatic heterocycles. The Morgan fingerprint density at radius 3 is 2.57 bits per heavy atom. The number of aromatic hydroxyl groups is 1. The number of halogens is 1. The third-order valence-corrected chi connectivity index (χ3v) is 13.1. The molecule has 2 saturated heterocycles. The number of fused-ring (bicyclic) bond motifs is 5. The Balaban J connectivity index is 1.21. The third-order valence-electron chi connectivity index (χ3n) is 11.6. The van der Waals surface area contributed by atoms with E-state index in [9.17, 15) is 29.1 Å². The average Bonchev–Trinajstić information content (AvgIpc) is 3.76. The average molecular weight is 727 g/mol. The second kappa shape index (κ2) is 11.9. The number of carbonyl (C=O) groups excluding carboxylic acids is 4. The van der Waals surface area contributed by atoms with Crippen molar-refractivity contribution in [2.75, 3.05) is 11.4 Å². The molecular formula is C38H35ClN4O7S. The summed E-state index contributed by atoms with van der Waals surface area (Å²) < 4.78 is 2.57. The number of carboxylic acid groups (broad SMARTS) is 1. The highest BCUT2D eigenvalue weighted by Gasteiger charge is 2.68. The van der Waals surface area contributed by atoms with Crippen molar-refractivity contribution in [2.45, 2.75) is 45.4 Å². The van der Waals surface area contributed by atoms with Crippen LogP contribution in [0.25, 0.3) is 20.7 Å². The first-order valence-corrected chi connectivity index (χ1v) is 18.2. The number of hydrogen-bond acceptors (Lipinski definition) is 8. The first-order valence-electron chi connectivity index (χ1n) is 17.0. The maximum Gasteiger partial charge on any atom is 0.303 e. The van der Waals surface area contributed by atoms with Crippen LogP contribution in [0.3, 0.4) is 0 Å². The summed E-state index contributed by atoms with van der Waals surface area (Å²) in [5, 5.41) is 26.7. The molecule has 3 fully saturated rings. The molecule has 6 atom stereocenters. The van der Waals surface area contributed by atoms with Crippen molar-refractivity contribution in [3.8, 4) is 16.3 Å². The van der Waals surface area contributed by atoms with E-state index >= 15 is 0 Å². The Labute approximate surface area is 302 Å². The molecule has 1 saturated carbocycles. The van der Waals surface area contributed by atoms with Crippen LogP contribution in [0.4, 0.5) is 5.82 Å². The summed E-state index contributed by atoms with van der Waals surface area (Å²) in [6.45, 7) is 3.77. The lowest BCUT2D eigenvalue weighted by atomic mass is 9.51. The molecule has 262 valence electrons. The molecule has 2 N–H and O–H groups in total. The number of likely N-dealkylation sites (tertiary alicyclic amines) is 1. The number of phenols is 1. The van der Waals surface area contributed by atoms with Gasteiger partial charge in [0.15, 0.2) is 0 Å². The van der Waals surface area contributed by atoms with E-state index < -0.39 is 52.8 Å². The minimum atomic E-state index is -1.33. The number of nitrogens with zero attached hydrogens (tertiary/aromatic N) is 4. The number of carboxylic acids is 1. The highest BCUT2D eigenvalue weighted by Crippen LogP contribution is 2.64. The molecule has 0 bridgehead atoms. The van der Waals surface area contributed by atoms with Gasteiger partial charge in [-0.05, 0) is 74.2 Å². The summed E-state index contributed by atoms with van der Waals surface area (Å²) in [6.07, 6.45) is 2.32. The maximum absolute atomic E-state index is 14.9. The summed E-state index contributed by atoms with van der Waals surface area (Å²) in [4.78, 5) is 71.6. The van der Waals surface area contributed by atoms with Gasteiger partial charge in [0, 0.05) is 47.3 Å². The molecule has 11 nitrogen and oxygen atoms in total. The quantitative estimate of drug-likeness (QED) is 0.172. The number of para-hydroxylation sites is 1. The predicted molar refractivity (Wildman–Crippen MR) is 190 cm³/mol. The Morgan fingerprint density at radius 2 is 1.82 bits per heavy atom. The van der Waals surface area contributed by atoms with Gasteiger partial charge in [-0.3, -0.25) is 33.6 Å². The van der Waals surface area contributed by atoms with E-state index in [1.165, 1.54) is 14.5 Å². The van der Waals surface area contributed by atoms with E-state index in [0.29, 0.717) is 22.1 Å². The van der Waals surface area contributed by atoms with E-state index in [0.717, 1.165) is 26.1 Å². The summed E-state index contributed by atoms with van der Waals surface area (Å²) in [7, 11) is 1.69. The minimum absolute atomic E-state index is 0.00337. The zero-order chi connectivity index (χ0) is 36.1. The van der Waals surface area contributed by atoms with E-state index in [4.69, 9.17) is 21.8 Å². The van der Waals surface area contributed by atoms with Crippen molar-refractivity contribution >= 4 is 68.4 Å². The highest BCUT2D eigenvalue weighted by atomic mass is 35.5. The van der Waals surface area contributed by atoms with Gasteiger partial charge in [0.25, 0.3) is 0 Å². The fourth-order valence-electron chi connectivity index (χ4n) is 9.20. The van der Waals surface area contributed by atoms with Crippen LogP contribution in [0.1, 0.15) is 49.7 Å². The number of carbonyl (C=O) groups is 5. The molecule has 8 rings (SSSR count). The van der Waals surface area contributed by atoms with Crippen LogP contribution in [0, 0.1) is 36.0 Å². The highest BCUT2D eigenvalue weighted by molar-refractivity contribution is 7.22. The van der Waals surface area contributed by atoms with Crippen molar-refractivity contribution in [1.29, 1.82) is 0 Å². The van der Waals surface area contributed by atoms with Gasteiger partial charge in [0.1, 0.15) is 17.3 Å². The van der Waals surface area contributed by atoms with Crippen LogP contribution in [0.5, 0.6) is 5.75 Å². The van der Waals surface area contributed by atoms with Gasteiger partial charge < -0.3 is 10.2 Å². The topological polar surface area (TPSA) is 150 Å². The van der Waals surface area contributed by atoms with E-state index in [1.807, 2.05) is 31.2 Å². The SMILES string of the molecule is Cc1c(-c2cc(N3C(=O)C4CC5C(=CCC6C(=O)N(CCCC(=O)O)C(=O)C65)C(c5ccccc5O)C4(C)C3=O)n(C)n2)sc2ccc(Cl)cc12. The predicted octanol–water partition coefficient (Wildman–Crippen LogP) is 6.06. The monoisotopic (exact) mass is 726 g/mol. The molecule has 2 aromatic carbocycles. The van der Waals surface area contributed by atoms with Crippen LogP contribution in [0.15, 0.2) is 60.2 Å². The van der Waals surface area contributed by atoms with Crippen LogP contribution in [-0.4, -0.2) is 61.0 Å². The molecule has 0 spiro atoms. The molecule has 4 amide bonds. The summed E-state index contributed by atoms with van der Waals surface area (Å²) in [5.74, 6) is -5.86. The van der Waals surface area contributed by atoms with Crippen LogP contribution in [0.2, 0.25) is 5.02 Å². The molecule has 13 heteroatoms. The number of allylic oxidation sites excluding steroid dienone is 2. The first-order chi connectivity index (χ1) is 24.3. The summed E-state index contributed by atoms with van der Waals surface area (Å²) in [5.41, 5.74) is 1.51. The summed E-state index contributed by atoms with van der Waals surface area (Å²) >= 11 is 7.84. The van der Waals surface area contributed by atoms with Crippen molar-refractivity contribution in [3.63, 3.8) is 0 Å². The largest absolute Gasteiger partial charge is 0.508 e. The van der Waals surface area contributed by atoms with Gasteiger partial charge in [0.2, 0.25) is 23.6 Å². The molecule has 2 aliphatic carbocycles. The van der Waals surface area contributed by atoms with Gasteiger partial charge in [-0.2, -0.15) is 5.10 Å². The number of imide groups is 2. The lowest BCUT2D eigenvalue weighted by molar-refractivity contribution is -0.142. The zero-order valence-electron chi connectivity index (χ0n) is 28.1. The van der Waals surface area contributed by atoms with Gasteiger partial charge in [0.05, 0.1) is 28.0 Å². The van der Waals surface area contributed by atoms with Crippen molar-refractivity contribution in [2.24, 2.45) is 36.1 Å². The van der Waals surface area contributed by atoms with Gasteiger partial charge in [-0.25, -0.2) is 4.90 Å². The Kier molecular flexibility index (Phi) is 7.77. The van der Waals surface area contributed by atoms with Crippen LogP contribution >= 0.6 is 22.9 Å². The Bertz CT molecular complexity index is 2240. The van der Waals surface area contributed by atoms with Crippen LogP contribution in [-0.2, 0) is 31.0 Å². The number of aromatic nitrogens is 2. The molecule has 4 aromatic rings. The lowest BCUT2D eigenvalue weighted by Gasteiger charge is -2.49. The number of aliphatic carboxylic acids is 1. The van der Waals surface area contributed by atoms with Crippen LogP contribution < -0.4 is 4.90 Å². The molecular weight excluding hydrogens is 692 g/mol. The number of anilines is 1. The second-order valence-electron chi connectivity index (χ2n) is 14.3. The normalized spacial score (nSPS) is 27.2. The number of benzene rings is 2. The third kappa shape index (κ3) is 4.82. The first kappa shape index (κ1) is 33.3. The second-order valence-corrected chi connectivity index (χ2v) is 15.7. The number of hydrogen-bond donors (Lipinski definition) is 2. The van der Waals surface area contributed by atoms with E-state index in [1.54, 1.807) is 55.6 Å². The number of aryl methyl sites for hydroxylation is 2. The van der Waals surface area contributed by atoms with Gasteiger partial charge in [-0.1, -0.05) is 41.4 Å². The zero-order valence-corrected chi connectivity index (χ0v) is 29.7. The Hall–Kier alpha value is -4.81. The molecule has 51 heavy (non-hydrogen) atoms. The molecule has 4 aliphatic rings. The molecule has 0 radical (unpaired) electrons. The minimum Gasteiger partial charge on any atom is -0.508 e. The number of thiophene rings is 1. The fraction of sp³-hybridized carbons (Fsp3) is 0.368. The number of rotatable bonds is 7. The van der Waals surface area contributed by atoms with E-state index in [-0.39, 0.29) is 49.8 Å². The van der Waals surface area contributed by atoms with Crippen molar-refractivity contribution in [3.05, 3.63) is 76.3 Å². The van der Waals surface area contributed by atoms with Gasteiger partial charge >= 0.3 is 5.97 Å². The number of amides is 4. The van der Waals surface area contributed by atoms with E-state index in [2.05, 4.69) is 0 Å². The standard InChI is InChI=1S/C38H35ClN4O7S/c1-18-23-15-19(39)10-13-28(23)51-33(18)26-17-29(41(3)40-26)43-35(48)25-16-24-20(32(38(25,2)37(43)50)21-7-4-5-8-27(21)44)11-12-22-31(24)36(49)42(34(22)47)14-6-9-30(45)46/h4-5,7-8,10-11,13,15,17,22,24-25,31-32,44H,6,9,12,14,16H2,1-3H3,(H,45,46). The Morgan fingerprint density at radius 1 is 1.06 bits per heavy atom. The number of phenolic OH excluding ortho intramolecular Hbond substituents is 1. The fourth-order valence-corrected chi connectivity index (χ4v) is 10.5. The molecule has 4 heterocycles.